The highest BCUT2D eigenvalue weighted by Crippen LogP contribution is 2.39. The van der Waals surface area contributed by atoms with Gasteiger partial charge in [-0.05, 0) is 28.9 Å². The van der Waals surface area contributed by atoms with E-state index >= 15 is 0 Å². The Hall–Kier alpha value is -1.82. The van der Waals surface area contributed by atoms with Gasteiger partial charge in [0.05, 0.1) is 22.7 Å². The lowest BCUT2D eigenvalue weighted by Gasteiger charge is -2.28. The number of phenolic OH excluding ortho intramolecular Hbond substituents is 1. The van der Waals surface area contributed by atoms with Crippen LogP contribution in [-0.4, -0.2) is 20.0 Å². The summed E-state index contributed by atoms with van der Waals surface area (Å²) < 4.78 is 8.24. The number of phenols is 1. The molecule has 0 amide bonds. The minimum atomic E-state index is -0.275. The molecule has 0 unspecified atom stereocenters. The number of Topliss-reactive ketones (excluding diaryl/α,β-unsaturated/α-hetero) is 1. The zero-order chi connectivity index (χ0) is 23.6. The molecule has 0 saturated carbocycles. The SMILES string of the molecule is CCC(CC)Cn1ccn(CC(=O)c2cc(C(C)(C)C)c(O)c(C(C)(C)C)c2)/c1=N\Br. The maximum atomic E-state index is 13.3. The number of hydrogen-bond donors (Lipinski definition) is 1. The van der Waals surface area contributed by atoms with Crippen LogP contribution in [0.2, 0.25) is 0 Å². The van der Waals surface area contributed by atoms with Gasteiger partial charge in [-0.3, -0.25) is 4.79 Å². The predicted octanol–water partition coefficient (Wildman–Crippen LogP) is 6.12. The summed E-state index contributed by atoms with van der Waals surface area (Å²) in [4.78, 5) is 13.3. The van der Waals surface area contributed by atoms with Crippen LogP contribution in [0.1, 0.15) is 89.7 Å². The number of carbonyl (C=O) groups excluding carboxylic acids is 1. The Morgan fingerprint density at radius 1 is 1.00 bits per heavy atom. The van der Waals surface area contributed by atoms with E-state index in [1.54, 1.807) is 0 Å². The number of aromatic hydroxyl groups is 1. The van der Waals surface area contributed by atoms with Crippen molar-refractivity contribution in [2.24, 2.45) is 9.94 Å². The first-order valence-electron chi connectivity index (χ1n) is 11.1. The molecule has 0 saturated heterocycles. The Morgan fingerprint density at radius 2 is 1.48 bits per heavy atom. The first-order valence-corrected chi connectivity index (χ1v) is 11.9. The van der Waals surface area contributed by atoms with Gasteiger partial charge >= 0.3 is 0 Å². The molecule has 1 N–H and O–H groups in total. The van der Waals surface area contributed by atoms with Crippen LogP contribution in [0.15, 0.2) is 28.5 Å². The van der Waals surface area contributed by atoms with Crippen molar-refractivity contribution >= 4 is 21.9 Å². The largest absolute Gasteiger partial charge is 0.507 e. The fourth-order valence-electron chi connectivity index (χ4n) is 3.83. The van der Waals surface area contributed by atoms with E-state index in [4.69, 9.17) is 0 Å². The van der Waals surface area contributed by atoms with E-state index in [9.17, 15) is 9.90 Å². The summed E-state index contributed by atoms with van der Waals surface area (Å²) >= 11 is 3.24. The van der Waals surface area contributed by atoms with Crippen molar-refractivity contribution in [1.82, 2.24) is 9.13 Å². The van der Waals surface area contributed by atoms with E-state index in [0.717, 1.165) is 36.1 Å². The number of halogens is 1. The molecule has 2 aromatic rings. The zero-order valence-electron chi connectivity index (χ0n) is 20.3. The van der Waals surface area contributed by atoms with Crippen LogP contribution < -0.4 is 5.62 Å². The van der Waals surface area contributed by atoms with Crippen LogP contribution in [0, 0.1) is 5.92 Å². The minimum Gasteiger partial charge on any atom is -0.507 e. The summed E-state index contributed by atoms with van der Waals surface area (Å²) in [5.74, 6) is 0.862. The molecule has 31 heavy (non-hydrogen) atoms. The molecule has 0 aliphatic heterocycles. The summed E-state index contributed by atoms with van der Waals surface area (Å²) in [6.07, 6.45) is 6.11. The number of ketones is 1. The number of benzene rings is 1. The molecular formula is C25H38BrN3O2. The number of carbonyl (C=O) groups is 1. The maximum Gasteiger partial charge on any atom is 0.217 e. The van der Waals surface area contributed by atoms with Gasteiger partial charge in [-0.1, -0.05) is 68.2 Å². The quantitative estimate of drug-likeness (QED) is 0.474. The number of nitrogens with zero attached hydrogens (tertiary/aromatic N) is 3. The van der Waals surface area contributed by atoms with Crippen molar-refractivity contribution in [3.05, 3.63) is 46.8 Å². The molecule has 1 aromatic heterocycles. The molecule has 2 rings (SSSR count). The minimum absolute atomic E-state index is 0.00122. The third-order valence-electron chi connectivity index (χ3n) is 5.99. The van der Waals surface area contributed by atoms with Gasteiger partial charge in [-0.25, -0.2) is 0 Å². The van der Waals surface area contributed by atoms with E-state index in [-0.39, 0.29) is 28.9 Å². The molecule has 0 aliphatic carbocycles. The Bertz CT molecular complexity index is 948. The standard InChI is InChI=1S/C25H38BrN3O2/c1-9-17(10-2)15-28-11-12-29(23(28)27-26)16-21(30)18-13-19(24(3,4)5)22(31)20(14-18)25(6,7)8/h11-14,17,31H,9-10,15-16H2,1-8H3/b27-23-. The molecule has 1 aromatic carbocycles. The predicted molar refractivity (Wildman–Crippen MR) is 131 cm³/mol. The highest BCUT2D eigenvalue weighted by molar-refractivity contribution is 9.08. The van der Waals surface area contributed by atoms with E-state index in [1.165, 1.54) is 0 Å². The topological polar surface area (TPSA) is 59.5 Å². The summed E-state index contributed by atoms with van der Waals surface area (Å²) in [6, 6.07) is 3.69. The average Bonchev–Trinajstić information content (AvgIpc) is 3.05. The normalized spacial score (nSPS) is 13.3. The van der Waals surface area contributed by atoms with Crippen molar-refractivity contribution < 1.29 is 9.90 Å². The highest BCUT2D eigenvalue weighted by Gasteiger charge is 2.28. The monoisotopic (exact) mass is 491 g/mol. The second-order valence-corrected chi connectivity index (χ2v) is 10.8. The summed E-state index contributed by atoms with van der Waals surface area (Å²) in [7, 11) is 0. The number of imidazole rings is 1. The van der Waals surface area contributed by atoms with E-state index in [2.05, 4.69) is 80.1 Å². The van der Waals surface area contributed by atoms with Crippen molar-refractivity contribution in [2.75, 3.05) is 0 Å². The number of rotatable bonds is 7. The van der Waals surface area contributed by atoms with Gasteiger partial charge in [0.2, 0.25) is 5.62 Å². The summed E-state index contributed by atoms with van der Waals surface area (Å²) in [6.45, 7) is 17.8. The number of aromatic nitrogens is 2. The average molecular weight is 493 g/mol. The van der Waals surface area contributed by atoms with E-state index in [1.807, 2.05) is 29.1 Å². The van der Waals surface area contributed by atoms with E-state index < -0.39 is 0 Å². The third-order valence-corrected chi connectivity index (χ3v) is 6.30. The summed E-state index contributed by atoms with van der Waals surface area (Å²) in [5.41, 5.74) is 2.39. The smallest absolute Gasteiger partial charge is 0.217 e. The second-order valence-electron chi connectivity index (χ2n) is 10.5. The molecule has 0 atom stereocenters. The molecule has 0 spiro atoms. The van der Waals surface area contributed by atoms with Crippen molar-refractivity contribution in [1.29, 1.82) is 0 Å². The molecule has 5 nitrogen and oxygen atoms in total. The van der Waals surface area contributed by atoms with E-state index in [0.29, 0.717) is 11.5 Å². The lowest BCUT2D eigenvalue weighted by Crippen LogP contribution is -2.29. The van der Waals surface area contributed by atoms with Crippen LogP contribution >= 0.6 is 16.1 Å². The Kier molecular flexibility index (Phi) is 8.01. The van der Waals surface area contributed by atoms with Gasteiger partial charge in [-0.2, -0.15) is 4.02 Å². The van der Waals surface area contributed by atoms with Gasteiger partial charge in [0.15, 0.2) is 5.78 Å². The molecule has 0 fully saturated rings. The number of hydrogen-bond acceptors (Lipinski definition) is 3. The Morgan fingerprint density at radius 3 is 1.90 bits per heavy atom. The van der Waals surface area contributed by atoms with Crippen LogP contribution in [0.4, 0.5) is 0 Å². The lowest BCUT2D eigenvalue weighted by molar-refractivity contribution is 0.0970. The molecule has 6 heteroatoms. The first kappa shape index (κ1) is 25.4. The van der Waals surface area contributed by atoms with Crippen LogP contribution in [0.5, 0.6) is 5.75 Å². The molecule has 0 radical (unpaired) electrons. The summed E-state index contributed by atoms with van der Waals surface area (Å²) in [5, 5.41) is 10.9. The van der Waals surface area contributed by atoms with Gasteiger partial charge in [0.1, 0.15) is 5.75 Å². The zero-order valence-corrected chi connectivity index (χ0v) is 21.9. The van der Waals surface area contributed by atoms with Crippen molar-refractivity contribution in [3.8, 4) is 5.75 Å². The molecule has 172 valence electrons. The fraction of sp³-hybridized carbons (Fsp3) is 0.600. The molecule has 0 bridgehead atoms. The van der Waals surface area contributed by atoms with Gasteiger partial charge in [0.25, 0.3) is 0 Å². The lowest BCUT2D eigenvalue weighted by atomic mass is 9.78. The van der Waals surface area contributed by atoms with Crippen LogP contribution in [0.3, 0.4) is 0 Å². The van der Waals surface area contributed by atoms with Gasteiger partial charge < -0.3 is 14.2 Å². The van der Waals surface area contributed by atoms with Gasteiger partial charge in [0, 0.05) is 35.6 Å². The Balaban J connectivity index is 2.46. The third kappa shape index (κ3) is 5.91. The molecule has 1 heterocycles. The van der Waals surface area contributed by atoms with Crippen LogP contribution in [-0.2, 0) is 23.9 Å². The van der Waals surface area contributed by atoms with Crippen LogP contribution in [0.25, 0.3) is 0 Å². The molecule has 0 aliphatic rings. The fourth-order valence-corrected chi connectivity index (χ4v) is 4.24. The van der Waals surface area contributed by atoms with Crippen molar-refractivity contribution in [3.63, 3.8) is 0 Å². The maximum absolute atomic E-state index is 13.3. The van der Waals surface area contributed by atoms with Gasteiger partial charge in [-0.15, -0.1) is 0 Å². The Labute approximate surface area is 195 Å². The highest BCUT2D eigenvalue weighted by atomic mass is 79.9. The molecular weight excluding hydrogens is 454 g/mol. The van der Waals surface area contributed by atoms with Crippen molar-refractivity contribution in [2.45, 2.75) is 92.2 Å². The second kappa shape index (κ2) is 9.76. The first-order chi connectivity index (χ1) is 14.3.